The minimum Gasteiger partial charge on any atom is -0.473 e. The molecule has 0 saturated carbocycles. The number of furan rings is 1. The molecule has 0 aliphatic heterocycles. The molecule has 0 amide bonds. The molecular formula is C4H6OS. The minimum atomic E-state index is 0. The van der Waals surface area contributed by atoms with Crippen LogP contribution in [0.4, 0.5) is 0 Å². The fourth-order valence-electron chi connectivity index (χ4n) is 0.227. The van der Waals surface area contributed by atoms with E-state index < -0.39 is 0 Å². The monoisotopic (exact) mass is 76.0 g/mol. The summed E-state index contributed by atoms with van der Waals surface area (Å²) in [4.78, 5) is 0. The number of rotatable bonds is 0. The highest BCUT2D eigenvalue weighted by atomic mass is 16.3. The molecule has 1 rings (SSSR count). The first-order chi connectivity index (χ1) is 2.50. The lowest BCUT2D eigenvalue weighted by atomic mass is 6.00. The van der Waals surface area contributed by atoms with Gasteiger partial charge in [0.25, 0.3) is 0 Å². The first-order valence-corrected chi connectivity index (χ1v) is 1.47. The van der Waals surface area contributed by atoms with E-state index in [1.807, 2.05) is 12.1 Å². The van der Waals surface area contributed by atoms with E-state index >= 15 is 0 Å². The van der Waals surface area contributed by atoms with Crippen LogP contribution in [-0.4, -0.2) is 0 Å². The molecule has 0 N–H and O–H groups in total. The Bertz CT molecular complexity index is 64.0. The summed E-state index contributed by atoms with van der Waals surface area (Å²) in [6, 6.07) is 3.67. The standard InChI is InChI=1S/C4H4O.H2S/c1-2-4-5-3-1;/h1-4H;1H2/i;1-26. The molecule has 0 aromatic carbocycles. The molecule has 0 aliphatic rings. The second kappa shape index (κ2) is 2.85. The quantitative estimate of drug-likeness (QED) is 0.455. The smallest absolute Gasteiger partial charge is 0.0902 e. The molecule has 0 fully saturated rings. The van der Waals surface area contributed by atoms with Crippen LogP contribution in [-0.2, 0) is 0 Å². The van der Waals surface area contributed by atoms with E-state index in [-0.39, 0.29) is 13.5 Å². The Labute approximate surface area is 43.4 Å². The van der Waals surface area contributed by atoms with Gasteiger partial charge in [0.15, 0.2) is 0 Å². The largest absolute Gasteiger partial charge is 0.473 e. The van der Waals surface area contributed by atoms with Gasteiger partial charge in [0.05, 0.1) is 12.5 Å². The van der Waals surface area contributed by atoms with Crippen molar-refractivity contribution in [3.05, 3.63) is 24.7 Å². The fraction of sp³-hybridized carbons (Fsp3) is 0. The van der Waals surface area contributed by atoms with E-state index in [4.69, 9.17) is 0 Å². The third-order valence-electron chi connectivity index (χ3n) is 0.425. The van der Waals surface area contributed by atoms with Crippen LogP contribution in [0.3, 0.4) is 0 Å². The summed E-state index contributed by atoms with van der Waals surface area (Å²) < 4.78 is 4.58. The molecule has 0 spiro atoms. The van der Waals surface area contributed by atoms with Crippen molar-refractivity contribution in [3.8, 4) is 0 Å². The maximum absolute atomic E-state index is 4.58. The van der Waals surface area contributed by atoms with Crippen LogP contribution in [0.25, 0.3) is 0 Å². The minimum absolute atomic E-state index is 0. The van der Waals surface area contributed by atoms with Crippen LogP contribution < -0.4 is 0 Å². The second-order valence-corrected chi connectivity index (χ2v) is 0.793. The van der Waals surface area contributed by atoms with Gasteiger partial charge in [0, 0.05) is 0 Å². The van der Waals surface area contributed by atoms with Gasteiger partial charge in [-0.2, -0.15) is 13.5 Å². The van der Waals surface area contributed by atoms with Gasteiger partial charge in [-0.05, 0) is 12.1 Å². The molecule has 0 radical (unpaired) electrons. The SMILES string of the molecule is [6SH2].c1ccoc1. The molecule has 0 saturated heterocycles. The third kappa shape index (κ3) is 1.17. The highest BCUT2D eigenvalue weighted by molar-refractivity contribution is 7.59. The zero-order valence-corrected chi connectivity index (χ0v) is 4.22. The van der Waals surface area contributed by atoms with Crippen LogP contribution in [0.1, 0.15) is 0 Å². The van der Waals surface area contributed by atoms with Crippen molar-refractivity contribution in [1.29, 1.82) is 0 Å². The van der Waals surface area contributed by atoms with Gasteiger partial charge in [-0.15, -0.1) is 0 Å². The van der Waals surface area contributed by atoms with Crippen molar-refractivity contribution in [2.45, 2.75) is 0 Å². The van der Waals surface area contributed by atoms with E-state index in [1.165, 1.54) is 0 Å². The summed E-state index contributed by atoms with van der Waals surface area (Å²) in [6.45, 7) is 0. The first kappa shape index (κ1) is 5.63. The van der Waals surface area contributed by atoms with E-state index in [1.54, 1.807) is 12.5 Å². The Morgan fingerprint density at radius 1 is 1.00 bits per heavy atom. The lowest BCUT2D eigenvalue weighted by molar-refractivity contribution is 0.567. The summed E-state index contributed by atoms with van der Waals surface area (Å²) in [7, 11) is 0. The molecule has 0 bridgehead atoms. The number of hydrogen-bond donors (Lipinski definition) is 0. The summed E-state index contributed by atoms with van der Waals surface area (Å²) in [5.41, 5.74) is 0. The van der Waals surface area contributed by atoms with Gasteiger partial charge < -0.3 is 4.42 Å². The third-order valence-corrected chi connectivity index (χ3v) is 0.425. The van der Waals surface area contributed by atoms with E-state index in [0.29, 0.717) is 0 Å². The number of hydrogen-bond acceptors (Lipinski definition) is 1. The Balaban J connectivity index is 0.000000250. The zero-order valence-electron chi connectivity index (χ0n) is 3.22. The van der Waals surface area contributed by atoms with Crippen molar-refractivity contribution < 1.29 is 4.42 Å². The highest BCUT2D eigenvalue weighted by Crippen LogP contribution is 1.79. The lowest BCUT2D eigenvalue weighted by Crippen LogP contribution is -1.16. The normalized spacial score (nSPS) is 6.67. The molecule has 34 valence electrons. The molecule has 2 heteroatoms. The average Bonchev–Trinajstić information content (AvgIpc) is 1.76. The molecule has 1 aromatic rings. The second-order valence-electron chi connectivity index (χ2n) is 0.793. The Kier molecular flexibility index (Phi) is 2.67. The molecule has 0 aliphatic carbocycles. The van der Waals surface area contributed by atoms with Crippen LogP contribution in [0.15, 0.2) is 29.1 Å². The molecule has 1 nitrogen and oxygen atoms in total. The Morgan fingerprint density at radius 3 is 1.67 bits per heavy atom. The van der Waals surface area contributed by atoms with E-state index in [0.717, 1.165) is 0 Å². The zero-order chi connectivity index (χ0) is 3.54. The summed E-state index contributed by atoms with van der Waals surface area (Å²) in [5.74, 6) is 0. The topological polar surface area (TPSA) is 13.1 Å². The van der Waals surface area contributed by atoms with Gasteiger partial charge in [0.2, 0.25) is 0 Å². The molecule has 1 heterocycles. The Morgan fingerprint density at radius 2 is 1.50 bits per heavy atom. The summed E-state index contributed by atoms with van der Waals surface area (Å²) in [6.07, 6.45) is 3.25. The van der Waals surface area contributed by atoms with Crippen molar-refractivity contribution in [1.82, 2.24) is 0 Å². The highest BCUT2D eigenvalue weighted by Gasteiger charge is 1.58. The lowest BCUT2D eigenvalue weighted by Gasteiger charge is -1.50. The maximum Gasteiger partial charge on any atom is 0.0902 e. The average molecular weight is 76.1 g/mol. The Hall–Kier alpha value is -0.370. The van der Waals surface area contributed by atoms with Gasteiger partial charge in [0.1, 0.15) is 0 Å². The van der Waals surface area contributed by atoms with E-state index in [2.05, 4.69) is 4.42 Å². The first-order valence-electron chi connectivity index (χ1n) is 1.47. The summed E-state index contributed by atoms with van der Waals surface area (Å²) >= 11 is 0. The maximum atomic E-state index is 4.58. The summed E-state index contributed by atoms with van der Waals surface area (Å²) in [5, 5.41) is 0. The van der Waals surface area contributed by atoms with Crippen LogP contribution in [0, 0.1) is 0 Å². The van der Waals surface area contributed by atoms with Crippen molar-refractivity contribution in [2.75, 3.05) is 0 Å². The fourth-order valence-corrected chi connectivity index (χ4v) is 0.227. The van der Waals surface area contributed by atoms with Gasteiger partial charge in [-0.25, -0.2) is 0 Å². The predicted octanol–water partition coefficient (Wildman–Crippen LogP) is 1.39. The predicted molar refractivity (Wildman–Crippen MR) is 29.1 cm³/mol. The molecule has 1 aromatic heterocycles. The van der Waals surface area contributed by atoms with Crippen LogP contribution in [0.5, 0.6) is 0 Å². The molecule has 6 heavy (non-hydrogen) atoms. The molecule has 0 atom stereocenters. The van der Waals surface area contributed by atoms with Gasteiger partial charge in [-0.3, -0.25) is 0 Å². The van der Waals surface area contributed by atoms with Gasteiger partial charge >= 0.3 is 0 Å². The molecular weight excluding hydrogens is 70.0 g/mol. The van der Waals surface area contributed by atoms with E-state index in [9.17, 15) is 0 Å². The van der Waals surface area contributed by atoms with Gasteiger partial charge in [-0.1, -0.05) is 0 Å². The molecule has 0 unspecified atom stereocenters. The van der Waals surface area contributed by atoms with Crippen molar-refractivity contribution in [2.24, 2.45) is 0 Å². The van der Waals surface area contributed by atoms with Crippen molar-refractivity contribution >= 4 is 13.5 Å². The van der Waals surface area contributed by atoms with Crippen molar-refractivity contribution in [3.63, 3.8) is 0 Å². The van der Waals surface area contributed by atoms with Crippen LogP contribution >= 0.6 is 13.5 Å². The van der Waals surface area contributed by atoms with Crippen LogP contribution in [0.2, 0.25) is 0 Å².